The molecule has 1 aromatic rings. The number of benzene rings is 1. The maximum Gasteiger partial charge on any atom is 0.338 e. The van der Waals surface area contributed by atoms with Crippen molar-refractivity contribution in [1.82, 2.24) is 0 Å². The SMILES string of the molecule is CC1(C)CCC(OC(=O)c2ccc(N)c(F)c2)CC1. The lowest BCUT2D eigenvalue weighted by Gasteiger charge is -2.33. The lowest BCUT2D eigenvalue weighted by molar-refractivity contribution is 0.00947. The summed E-state index contributed by atoms with van der Waals surface area (Å²) in [5, 5.41) is 0. The Hall–Kier alpha value is -1.58. The van der Waals surface area contributed by atoms with Crippen molar-refractivity contribution in [3.63, 3.8) is 0 Å². The minimum absolute atomic E-state index is 0.0379. The lowest BCUT2D eigenvalue weighted by Crippen LogP contribution is -2.28. The van der Waals surface area contributed by atoms with Gasteiger partial charge in [-0.2, -0.15) is 0 Å². The molecule has 1 aliphatic rings. The molecule has 0 unspecified atom stereocenters. The van der Waals surface area contributed by atoms with Gasteiger partial charge in [0.15, 0.2) is 0 Å². The summed E-state index contributed by atoms with van der Waals surface area (Å²) in [5.41, 5.74) is 5.96. The van der Waals surface area contributed by atoms with Crippen molar-refractivity contribution in [2.24, 2.45) is 5.41 Å². The van der Waals surface area contributed by atoms with Crippen LogP contribution in [-0.2, 0) is 4.74 Å². The molecule has 1 aliphatic carbocycles. The van der Waals surface area contributed by atoms with Gasteiger partial charge in [0.25, 0.3) is 0 Å². The predicted molar refractivity (Wildman–Crippen MR) is 72.3 cm³/mol. The van der Waals surface area contributed by atoms with Crippen molar-refractivity contribution in [2.75, 3.05) is 5.73 Å². The summed E-state index contributed by atoms with van der Waals surface area (Å²) in [6, 6.07) is 4.01. The summed E-state index contributed by atoms with van der Waals surface area (Å²) >= 11 is 0. The molecular weight excluding hydrogens is 245 g/mol. The molecule has 104 valence electrons. The Balaban J connectivity index is 1.96. The largest absolute Gasteiger partial charge is 0.459 e. The molecule has 4 heteroatoms. The molecule has 0 amide bonds. The van der Waals surface area contributed by atoms with Crippen molar-refractivity contribution < 1.29 is 13.9 Å². The molecule has 0 radical (unpaired) electrons. The van der Waals surface area contributed by atoms with E-state index in [-0.39, 0.29) is 17.4 Å². The molecule has 0 aliphatic heterocycles. The van der Waals surface area contributed by atoms with Gasteiger partial charge in [0.2, 0.25) is 0 Å². The second kappa shape index (κ2) is 5.19. The van der Waals surface area contributed by atoms with Crippen LogP contribution >= 0.6 is 0 Å². The zero-order chi connectivity index (χ0) is 14.0. The maximum atomic E-state index is 13.3. The van der Waals surface area contributed by atoms with Crippen LogP contribution < -0.4 is 5.73 Å². The smallest absolute Gasteiger partial charge is 0.338 e. The third-order valence-corrected chi connectivity index (χ3v) is 3.80. The van der Waals surface area contributed by atoms with Gasteiger partial charge in [-0.15, -0.1) is 0 Å². The molecule has 0 atom stereocenters. The molecule has 0 spiro atoms. The van der Waals surface area contributed by atoms with Crippen LogP contribution in [0, 0.1) is 11.2 Å². The van der Waals surface area contributed by atoms with E-state index in [1.54, 1.807) is 0 Å². The van der Waals surface area contributed by atoms with E-state index >= 15 is 0 Å². The van der Waals surface area contributed by atoms with Gasteiger partial charge in [-0.25, -0.2) is 9.18 Å². The molecule has 1 fully saturated rings. The second-order valence-corrected chi connectivity index (χ2v) is 6.01. The summed E-state index contributed by atoms with van der Waals surface area (Å²) in [6.45, 7) is 4.45. The number of carbonyl (C=O) groups excluding carboxylic acids is 1. The Bertz CT molecular complexity index is 475. The Morgan fingerprint density at radius 2 is 2.00 bits per heavy atom. The molecule has 1 aromatic carbocycles. The van der Waals surface area contributed by atoms with E-state index < -0.39 is 11.8 Å². The van der Waals surface area contributed by atoms with Gasteiger partial charge in [-0.3, -0.25) is 0 Å². The number of halogens is 1. The first-order valence-corrected chi connectivity index (χ1v) is 6.63. The van der Waals surface area contributed by atoms with E-state index in [4.69, 9.17) is 10.5 Å². The Kier molecular flexibility index (Phi) is 3.78. The highest BCUT2D eigenvalue weighted by Crippen LogP contribution is 2.36. The van der Waals surface area contributed by atoms with Crippen LogP contribution in [0.2, 0.25) is 0 Å². The number of anilines is 1. The quantitative estimate of drug-likeness (QED) is 0.657. The van der Waals surface area contributed by atoms with Crippen molar-refractivity contribution in [3.05, 3.63) is 29.6 Å². The first-order chi connectivity index (χ1) is 8.87. The van der Waals surface area contributed by atoms with E-state index in [0.29, 0.717) is 5.41 Å². The highest BCUT2D eigenvalue weighted by atomic mass is 19.1. The van der Waals surface area contributed by atoms with Crippen molar-refractivity contribution in [3.8, 4) is 0 Å². The van der Waals surface area contributed by atoms with Crippen LogP contribution in [0.25, 0.3) is 0 Å². The predicted octanol–water partition coefficient (Wildman–Crippen LogP) is 3.53. The minimum atomic E-state index is -0.584. The minimum Gasteiger partial charge on any atom is -0.459 e. The highest BCUT2D eigenvalue weighted by molar-refractivity contribution is 5.89. The fourth-order valence-electron chi connectivity index (χ4n) is 2.36. The molecule has 1 saturated carbocycles. The fourth-order valence-corrected chi connectivity index (χ4v) is 2.36. The van der Waals surface area contributed by atoms with Gasteiger partial charge in [-0.1, -0.05) is 13.8 Å². The van der Waals surface area contributed by atoms with Gasteiger partial charge in [0.1, 0.15) is 11.9 Å². The number of esters is 1. The monoisotopic (exact) mass is 265 g/mol. The van der Waals surface area contributed by atoms with Crippen LogP contribution in [0.3, 0.4) is 0 Å². The summed E-state index contributed by atoms with van der Waals surface area (Å²) in [4.78, 5) is 11.9. The molecule has 2 rings (SSSR count). The van der Waals surface area contributed by atoms with Crippen LogP contribution in [0.4, 0.5) is 10.1 Å². The molecule has 0 heterocycles. The Morgan fingerprint density at radius 3 is 2.58 bits per heavy atom. The first kappa shape index (κ1) is 13.8. The average molecular weight is 265 g/mol. The van der Waals surface area contributed by atoms with Crippen molar-refractivity contribution in [2.45, 2.75) is 45.6 Å². The van der Waals surface area contributed by atoms with Crippen LogP contribution in [0.5, 0.6) is 0 Å². The number of nitrogens with two attached hydrogens (primary N) is 1. The zero-order valence-corrected chi connectivity index (χ0v) is 11.4. The zero-order valence-electron chi connectivity index (χ0n) is 11.4. The maximum absolute atomic E-state index is 13.3. The number of ether oxygens (including phenoxy) is 1. The normalized spacial score (nSPS) is 19.1. The van der Waals surface area contributed by atoms with Gasteiger partial charge >= 0.3 is 5.97 Å². The summed E-state index contributed by atoms with van der Waals surface area (Å²) < 4.78 is 18.7. The van der Waals surface area contributed by atoms with E-state index in [9.17, 15) is 9.18 Å². The second-order valence-electron chi connectivity index (χ2n) is 6.01. The number of nitrogen functional groups attached to an aromatic ring is 1. The summed E-state index contributed by atoms with van der Waals surface area (Å²) in [7, 11) is 0. The molecule has 3 nitrogen and oxygen atoms in total. The van der Waals surface area contributed by atoms with Gasteiger partial charge in [0.05, 0.1) is 11.3 Å². The molecule has 19 heavy (non-hydrogen) atoms. The molecular formula is C15H20FNO2. The van der Waals surface area contributed by atoms with Crippen LogP contribution in [0.15, 0.2) is 18.2 Å². The van der Waals surface area contributed by atoms with Crippen LogP contribution in [0.1, 0.15) is 49.9 Å². The number of carbonyl (C=O) groups is 1. The van der Waals surface area contributed by atoms with E-state index in [0.717, 1.165) is 31.7 Å². The van der Waals surface area contributed by atoms with Crippen molar-refractivity contribution >= 4 is 11.7 Å². The molecule has 0 aromatic heterocycles. The first-order valence-electron chi connectivity index (χ1n) is 6.63. The summed E-state index contributed by atoms with van der Waals surface area (Å²) in [6.07, 6.45) is 3.77. The van der Waals surface area contributed by atoms with E-state index in [2.05, 4.69) is 13.8 Å². The fraction of sp³-hybridized carbons (Fsp3) is 0.533. The molecule has 0 saturated heterocycles. The third kappa shape index (κ3) is 3.46. The van der Waals surface area contributed by atoms with Gasteiger partial charge < -0.3 is 10.5 Å². The Labute approximate surface area is 112 Å². The summed E-state index contributed by atoms with van der Waals surface area (Å²) in [5.74, 6) is -1.05. The van der Waals surface area contributed by atoms with Gasteiger partial charge in [0, 0.05) is 0 Å². The van der Waals surface area contributed by atoms with Crippen LogP contribution in [-0.4, -0.2) is 12.1 Å². The Morgan fingerprint density at radius 1 is 1.37 bits per heavy atom. The standard InChI is InChI=1S/C15H20FNO2/c1-15(2)7-5-11(6-8-15)19-14(18)10-3-4-13(17)12(16)9-10/h3-4,9,11H,5-8,17H2,1-2H3. The number of rotatable bonds is 2. The van der Waals surface area contributed by atoms with Gasteiger partial charge in [-0.05, 0) is 49.3 Å². The highest BCUT2D eigenvalue weighted by Gasteiger charge is 2.29. The molecule has 0 bridgehead atoms. The third-order valence-electron chi connectivity index (χ3n) is 3.80. The molecule has 2 N–H and O–H groups in total. The topological polar surface area (TPSA) is 52.3 Å². The van der Waals surface area contributed by atoms with Crippen molar-refractivity contribution in [1.29, 1.82) is 0 Å². The van der Waals surface area contributed by atoms with E-state index in [1.165, 1.54) is 12.1 Å². The average Bonchev–Trinajstić information content (AvgIpc) is 2.35. The number of hydrogen-bond acceptors (Lipinski definition) is 3. The van der Waals surface area contributed by atoms with E-state index in [1.807, 2.05) is 0 Å². The lowest BCUT2D eigenvalue weighted by atomic mass is 9.76. The number of hydrogen-bond donors (Lipinski definition) is 1.